The number of rotatable bonds is 7. The molecule has 0 aromatic carbocycles. The van der Waals surface area contributed by atoms with Gasteiger partial charge in [0.1, 0.15) is 0 Å². The summed E-state index contributed by atoms with van der Waals surface area (Å²) in [7, 11) is 0. The predicted octanol–water partition coefficient (Wildman–Crippen LogP) is 2.94. The van der Waals surface area contributed by atoms with E-state index in [9.17, 15) is 23.1 Å². The zero-order chi connectivity index (χ0) is 17.8. The van der Waals surface area contributed by atoms with Crippen LogP contribution < -0.4 is 5.32 Å². The van der Waals surface area contributed by atoms with Crippen LogP contribution in [0, 0.1) is 18.3 Å². The highest BCUT2D eigenvalue weighted by molar-refractivity contribution is 5.76. The van der Waals surface area contributed by atoms with Gasteiger partial charge in [-0.1, -0.05) is 0 Å². The molecule has 1 amide bonds. The Bertz CT molecular complexity index is 536. The lowest BCUT2D eigenvalue weighted by molar-refractivity contribution is -0.199. The molecule has 0 bridgehead atoms. The van der Waals surface area contributed by atoms with Gasteiger partial charge >= 0.3 is 6.18 Å². The summed E-state index contributed by atoms with van der Waals surface area (Å²) < 4.78 is 38.4. The van der Waals surface area contributed by atoms with Gasteiger partial charge in [0.05, 0.1) is 11.5 Å². The van der Waals surface area contributed by atoms with Crippen molar-refractivity contribution in [2.45, 2.75) is 68.8 Å². The van der Waals surface area contributed by atoms with Crippen LogP contribution in [0.4, 0.5) is 13.2 Å². The first kappa shape index (κ1) is 18.7. The highest BCUT2D eigenvalue weighted by atomic mass is 19.4. The molecule has 0 spiro atoms. The van der Waals surface area contributed by atoms with Gasteiger partial charge in [-0.05, 0) is 25.7 Å². The van der Waals surface area contributed by atoms with Crippen molar-refractivity contribution in [2.75, 3.05) is 6.54 Å². The molecule has 1 heterocycles. The Hall–Kier alpha value is -1.62. The number of terminal acetylenes is 1. The molecule has 0 radical (unpaired) electrons. The first-order valence-corrected chi connectivity index (χ1v) is 8.11. The van der Waals surface area contributed by atoms with Gasteiger partial charge in [-0.2, -0.15) is 23.4 Å². The fourth-order valence-corrected chi connectivity index (χ4v) is 3.11. The quantitative estimate of drug-likeness (QED) is 0.696. The fourth-order valence-electron chi connectivity index (χ4n) is 3.11. The molecular weight excluding hydrogens is 323 g/mol. The molecule has 2 aliphatic rings. The van der Waals surface area contributed by atoms with E-state index in [2.05, 4.69) is 21.5 Å². The van der Waals surface area contributed by atoms with E-state index in [1.807, 2.05) is 0 Å². The highest BCUT2D eigenvalue weighted by Gasteiger charge is 2.47. The van der Waals surface area contributed by atoms with Gasteiger partial charge in [0.2, 0.25) is 5.91 Å². The molecule has 1 aliphatic carbocycles. The zero-order valence-electron chi connectivity index (χ0n) is 13.4. The van der Waals surface area contributed by atoms with Gasteiger partial charge < -0.3 is 10.4 Å². The van der Waals surface area contributed by atoms with Crippen molar-refractivity contribution in [3.63, 3.8) is 0 Å². The minimum absolute atomic E-state index is 0.0282. The number of halogens is 3. The van der Waals surface area contributed by atoms with Crippen LogP contribution in [0.15, 0.2) is 10.2 Å². The Morgan fingerprint density at radius 3 is 2.67 bits per heavy atom. The molecule has 5 nitrogen and oxygen atoms in total. The van der Waals surface area contributed by atoms with Gasteiger partial charge in [-0.25, -0.2) is 0 Å². The monoisotopic (exact) mass is 345 g/mol. The summed E-state index contributed by atoms with van der Waals surface area (Å²) in [6, 6.07) is 0. The molecule has 2 atom stereocenters. The number of aliphatic hydroxyl groups is 1. The second-order valence-corrected chi connectivity index (χ2v) is 6.72. The summed E-state index contributed by atoms with van der Waals surface area (Å²) in [6.45, 7) is -0.163. The molecule has 1 aliphatic heterocycles. The van der Waals surface area contributed by atoms with E-state index in [1.54, 1.807) is 0 Å². The van der Waals surface area contributed by atoms with E-state index in [0.29, 0.717) is 25.7 Å². The zero-order valence-corrected chi connectivity index (χ0v) is 13.4. The molecule has 0 aromatic rings. The normalized spacial score (nSPS) is 28.2. The number of nitrogens with zero attached hydrogens (tertiary/aromatic N) is 2. The largest absolute Gasteiger partial charge is 0.391 e. The smallest absolute Gasteiger partial charge is 0.388 e. The standard InChI is InChI=1S/C16H22F3N3O2/c1-2-3-8-15(21-22-15)9-6-13(23)20-11-14(24)7-4-5-12(10-14)16(17,18)19/h1,12,24H,3-11H2,(H,20,23). The third-order valence-corrected chi connectivity index (χ3v) is 4.70. The molecule has 2 unspecified atom stereocenters. The average molecular weight is 345 g/mol. The van der Waals surface area contributed by atoms with E-state index in [4.69, 9.17) is 6.42 Å². The van der Waals surface area contributed by atoms with Crippen molar-refractivity contribution >= 4 is 5.91 Å². The van der Waals surface area contributed by atoms with Gasteiger partial charge in [0.15, 0.2) is 5.66 Å². The van der Waals surface area contributed by atoms with Crippen LogP contribution in [-0.2, 0) is 4.79 Å². The molecule has 134 valence electrons. The molecule has 8 heteroatoms. The van der Waals surface area contributed by atoms with Crippen LogP contribution >= 0.6 is 0 Å². The lowest BCUT2D eigenvalue weighted by Crippen LogP contribution is -2.48. The van der Waals surface area contributed by atoms with Crippen molar-refractivity contribution in [3.05, 3.63) is 0 Å². The molecular formula is C16H22F3N3O2. The van der Waals surface area contributed by atoms with Crippen LogP contribution in [-0.4, -0.2) is 35.0 Å². The van der Waals surface area contributed by atoms with Crippen LogP contribution in [0.5, 0.6) is 0 Å². The Labute approximate surface area is 139 Å². The average Bonchev–Trinajstić information content (AvgIpc) is 3.29. The minimum atomic E-state index is -4.31. The number of hydrogen-bond donors (Lipinski definition) is 2. The van der Waals surface area contributed by atoms with Crippen molar-refractivity contribution in [1.29, 1.82) is 0 Å². The first-order chi connectivity index (χ1) is 11.2. The van der Waals surface area contributed by atoms with Gasteiger partial charge in [-0.3, -0.25) is 4.79 Å². The van der Waals surface area contributed by atoms with E-state index in [1.165, 1.54) is 0 Å². The maximum absolute atomic E-state index is 12.8. The number of nitrogens with one attached hydrogen (secondary N) is 1. The summed E-state index contributed by atoms with van der Waals surface area (Å²) in [4.78, 5) is 11.9. The Kier molecular flexibility index (Phi) is 5.53. The van der Waals surface area contributed by atoms with Crippen molar-refractivity contribution in [3.8, 4) is 12.3 Å². The number of carbonyl (C=O) groups is 1. The lowest BCUT2D eigenvalue weighted by atomic mass is 9.77. The first-order valence-electron chi connectivity index (χ1n) is 8.11. The number of hydrogen-bond acceptors (Lipinski definition) is 4. The third kappa shape index (κ3) is 5.20. The third-order valence-electron chi connectivity index (χ3n) is 4.70. The van der Waals surface area contributed by atoms with Gasteiger partial charge in [0.25, 0.3) is 0 Å². The summed E-state index contributed by atoms with van der Waals surface area (Å²) in [5, 5.41) is 20.7. The van der Waals surface area contributed by atoms with E-state index >= 15 is 0 Å². The molecule has 0 saturated heterocycles. The Morgan fingerprint density at radius 1 is 1.38 bits per heavy atom. The van der Waals surface area contributed by atoms with Crippen LogP contribution in [0.3, 0.4) is 0 Å². The molecule has 2 rings (SSSR count). The van der Waals surface area contributed by atoms with Crippen molar-refractivity contribution < 1.29 is 23.1 Å². The lowest BCUT2D eigenvalue weighted by Gasteiger charge is -2.37. The summed E-state index contributed by atoms with van der Waals surface area (Å²) >= 11 is 0. The number of amides is 1. The number of carbonyl (C=O) groups excluding carboxylic acids is 1. The van der Waals surface area contributed by atoms with Crippen LogP contribution in [0.2, 0.25) is 0 Å². The van der Waals surface area contributed by atoms with E-state index in [0.717, 1.165) is 0 Å². The Morgan fingerprint density at radius 2 is 2.08 bits per heavy atom. The summed E-state index contributed by atoms with van der Waals surface area (Å²) in [5.74, 6) is 0.661. The van der Waals surface area contributed by atoms with Crippen molar-refractivity contribution in [1.82, 2.24) is 5.32 Å². The van der Waals surface area contributed by atoms with Crippen LogP contribution in [0.25, 0.3) is 0 Å². The minimum Gasteiger partial charge on any atom is -0.388 e. The number of alkyl halides is 3. The van der Waals surface area contributed by atoms with E-state index < -0.39 is 23.4 Å². The molecule has 1 fully saturated rings. The maximum Gasteiger partial charge on any atom is 0.391 e. The topological polar surface area (TPSA) is 74.0 Å². The van der Waals surface area contributed by atoms with Crippen molar-refractivity contribution in [2.24, 2.45) is 16.1 Å². The second kappa shape index (κ2) is 7.09. The maximum atomic E-state index is 12.8. The summed E-state index contributed by atoms with van der Waals surface area (Å²) in [6.07, 6.45) is 2.78. The van der Waals surface area contributed by atoms with Gasteiger partial charge in [0, 0.05) is 32.2 Å². The SMILES string of the molecule is C#CCCC1(CCC(=O)NCC2(O)CCCC(C(F)(F)F)C2)N=N1. The molecule has 24 heavy (non-hydrogen) atoms. The highest BCUT2D eigenvalue weighted by Crippen LogP contribution is 2.41. The Balaban J connectivity index is 1.74. The fraction of sp³-hybridized carbons (Fsp3) is 0.812. The molecule has 2 N–H and O–H groups in total. The summed E-state index contributed by atoms with van der Waals surface area (Å²) in [5.41, 5.74) is -2.06. The predicted molar refractivity (Wildman–Crippen MR) is 80.9 cm³/mol. The van der Waals surface area contributed by atoms with Gasteiger partial charge in [-0.15, -0.1) is 12.3 Å². The van der Waals surface area contributed by atoms with E-state index in [-0.39, 0.29) is 38.1 Å². The second-order valence-electron chi connectivity index (χ2n) is 6.72. The molecule has 0 aromatic heterocycles. The van der Waals surface area contributed by atoms with Crippen LogP contribution in [0.1, 0.15) is 51.4 Å². The molecule has 1 saturated carbocycles.